The molecule has 0 radical (unpaired) electrons. The fourth-order valence-electron chi connectivity index (χ4n) is 3.10. The van der Waals surface area contributed by atoms with Crippen LogP contribution >= 0.6 is 0 Å². The van der Waals surface area contributed by atoms with Crippen molar-refractivity contribution in [3.05, 3.63) is 78.4 Å². The number of aryl methyl sites for hydroxylation is 1. The number of benzene rings is 3. The zero-order valence-corrected chi connectivity index (χ0v) is 20.0. The first kappa shape index (κ1) is 26.0. The summed E-state index contributed by atoms with van der Waals surface area (Å²) in [5, 5.41) is 7.90. The summed E-state index contributed by atoms with van der Waals surface area (Å²) in [6, 6.07) is 21.0. The summed E-state index contributed by atoms with van der Waals surface area (Å²) in [6.45, 7) is 2.88. The maximum Gasteiger partial charge on any atom is 0.306 e. The first-order chi connectivity index (χ1) is 17.3. The average molecular weight is 490 g/mol. The summed E-state index contributed by atoms with van der Waals surface area (Å²) in [4.78, 5) is 47.1. The zero-order chi connectivity index (χ0) is 25.9. The van der Waals surface area contributed by atoms with E-state index >= 15 is 0 Å². The lowest BCUT2D eigenvalue weighted by atomic mass is 10.2. The minimum absolute atomic E-state index is 0.0907. The lowest BCUT2D eigenvalue weighted by molar-refractivity contribution is -0.147. The van der Waals surface area contributed by atoms with E-state index in [9.17, 15) is 19.2 Å². The minimum Gasteiger partial charge on any atom is -0.457 e. The molecule has 0 spiro atoms. The number of hydrogen-bond donors (Lipinski definition) is 3. The predicted molar refractivity (Wildman–Crippen MR) is 136 cm³/mol. The van der Waals surface area contributed by atoms with Gasteiger partial charge < -0.3 is 25.4 Å². The number of para-hydroxylation sites is 1. The van der Waals surface area contributed by atoms with Gasteiger partial charge in [-0.1, -0.05) is 18.2 Å². The third-order valence-corrected chi connectivity index (χ3v) is 4.87. The number of carbonyl (C=O) groups is 4. The van der Waals surface area contributed by atoms with E-state index in [1.165, 1.54) is 6.92 Å². The summed E-state index contributed by atoms with van der Waals surface area (Å²) >= 11 is 0. The van der Waals surface area contributed by atoms with Gasteiger partial charge in [-0.15, -0.1) is 0 Å². The average Bonchev–Trinajstić information content (AvgIpc) is 2.85. The van der Waals surface area contributed by atoms with Gasteiger partial charge in [-0.05, 0) is 67.1 Å². The Hall–Kier alpha value is -4.66. The second-order valence-electron chi connectivity index (χ2n) is 7.91. The van der Waals surface area contributed by atoms with Crippen LogP contribution in [0.25, 0.3) is 0 Å². The van der Waals surface area contributed by atoms with Gasteiger partial charge in [0.2, 0.25) is 11.8 Å². The van der Waals surface area contributed by atoms with Crippen LogP contribution in [-0.4, -0.2) is 30.3 Å². The molecule has 0 unspecified atom stereocenters. The van der Waals surface area contributed by atoms with Crippen molar-refractivity contribution in [2.75, 3.05) is 22.6 Å². The van der Waals surface area contributed by atoms with Crippen molar-refractivity contribution >= 4 is 40.8 Å². The van der Waals surface area contributed by atoms with Gasteiger partial charge in [0.05, 0.1) is 6.42 Å². The third kappa shape index (κ3) is 8.60. The van der Waals surface area contributed by atoms with Crippen LogP contribution in [0.4, 0.5) is 17.1 Å². The molecule has 0 saturated heterocycles. The van der Waals surface area contributed by atoms with Crippen molar-refractivity contribution < 1.29 is 28.7 Å². The van der Waals surface area contributed by atoms with E-state index in [-0.39, 0.29) is 24.7 Å². The SMILES string of the molecule is CC(=O)Nc1ccc(NC(=O)COC(=O)CCC(=O)Nc2ccc(Oc3ccccc3C)cc2)cc1. The van der Waals surface area contributed by atoms with Gasteiger partial charge in [-0.25, -0.2) is 0 Å². The van der Waals surface area contributed by atoms with Crippen LogP contribution in [0.2, 0.25) is 0 Å². The van der Waals surface area contributed by atoms with Gasteiger partial charge in [0, 0.05) is 30.4 Å². The van der Waals surface area contributed by atoms with Crippen LogP contribution < -0.4 is 20.7 Å². The highest BCUT2D eigenvalue weighted by Crippen LogP contribution is 2.25. The maximum absolute atomic E-state index is 12.2. The second kappa shape index (κ2) is 12.7. The summed E-state index contributed by atoms with van der Waals surface area (Å²) < 4.78 is 10.8. The van der Waals surface area contributed by atoms with Crippen molar-refractivity contribution in [1.29, 1.82) is 0 Å². The number of carbonyl (C=O) groups excluding carboxylic acids is 4. The molecule has 3 rings (SSSR count). The maximum atomic E-state index is 12.2. The summed E-state index contributed by atoms with van der Waals surface area (Å²) in [6.07, 6.45) is -0.258. The Kier molecular flexibility index (Phi) is 9.16. The van der Waals surface area contributed by atoms with E-state index < -0.39 is 18.5 Å². The van der Waals surface area contributed by atoms with Crippen LogP contribution in [0.5, 0.6) is 11.5 Å². The molecular weight excluding hydrogens is 462 g/mol. The van der Waals surface area contributed by atoms with Gasteiger partial charge >= 0.3 is 5.97 Å². The van der Waals surface area contributed by atoms with E-state index in [1.54, 1.807) is 48.5 Å². The van der Waals surface area contributed by atoms with Gasteiger partial charge in [0.15, 0.2) is 6.61 Å². The first-order valence-corrected chi connectivity index (χ1v) is 11.2. The molecule has 0 bridgehead atoms. The normalized spacial score (nSPS) is 10.2. The summed E-state index contributed by atoms with van der Waals surface area (Å²) in [5.74, 6) is -0.359. The third-order valence-electron chi connectivity index (χ3n) is 4.87. The molecule has 3 N–H and O–H groups in total. The predicted octanol–water partition coefficient (Wildman–Crippen LogP) is 4.65. The minimum atomic E-state index is -0.664. The van der Waals surface area contributed by atoms with Gasteiger partial charge in [-0.3, -0.25) is 19.2 Å². The molecule has 3 aromatic carbocycles. The Bertz CT molecular complexity index is 1220. The van der Waals surface area contributed by atoms with E-state index in [4.69, 9.17) is 9.47 Å². The van der Waals surface area contributed by atoms with E-state index in [2.05, 4.69) is 16.0 Å². The van der Waals surface area contributed by atoms with Crippen LogP contribution in [0.15, 0.2) is 72.8 Å². The zero-order valence-electron chi connectivity index (χ0n) is 20.0. The first-order valence-electron chi connectivity index (χ1n) is 11.2. The number of ether oxygens (including phenoxy) is 2. The molecule has 9 nitrogen and oxygen atoms in total. The molecule has 0 aliphatic carbocycles. The summed E-state index contributed by atoms with van der Waals surface area (Å²) in [7, 11) is 0. The van der Waals surface area contributed by atoms with Gasteiger partial charge in [-0.2, -0.15) is 0 Å². The fraction of sp³-hybridized carbons (Fsp3) is 0.185. The van der Waals surface area contributed by atoms with Crippen molar-refractivity contribution in [2.45, 2.75) is 26.7 Å². The van der Waals surface area contributed by atoms with Crippen molar-refractivity contribution in [1.82, 2.24) is 0 Å². The number of amides is 3. The molecule has 3 amide bonds. The molecule has 9 heteroatoms. The number of nitrogens with one attached hydrogen (secondary N) is 3. The Morgan fingerprint density at radius 1 is 0.694 bits per heavy atom. The molecule has 0 atom stereocenters. The van der Waals surface area contributed by atoms with E-state index in [1.807, 2.05) is 31.2 Å². The topological polar surface area (TPSA) is 123 Å². The van der Waals surface area contributed by atoms with Crippen molar-refractivity contribution in [3.63, 3.8) is 0 Å². The van der Waals surface area contributed by atoms with Gasteiger partial charge in [0.25, 0.3) is 5.91 Å². The largest absolute Gasteiger partial charge is 0.457 e. The number of anilines is 3. The van der Waals surface area contributed by atoms with Crippen molar-refractivity contribution in [2.24, 2.45) is 0 Å². The van der Waals surface area contributed by atoms with Crippen LogP contribution in [0, 0.1) is 6.92 Å². The Labute approximate surface area is 208 Å². The molecule has 0 aliphatic rings. The highest BCUT2D eigenvalue weighted by molar-refractivity contribution is 5.95. The van der Waals surface area contributed by atoms with Crippen LogP contribution in [-0.2, 0) is 23.9 Å². The Morgan fingerprint density at radius 2 is 1.25 bits per heavy atom. The Morgan fingerprint density at radius 3 is 1.86 bits per heavy atom. The van der Waals surface area contributed by atoms with Crippen LogP contribution in [0.1, 0.15) is 25.3 Å². The Balaban J connectivity index is 1.35. The molecule has 0 aromatic heterocycles. The summed E-state index contributed by atoms with van der Waals surface area (Å²) in [5.41, 5.74) is 2.66. The lowest BCUT2D eigenvalue weighted by Gasteiger charge is -2.10. The van der Waals surface area contributed by atoms with E-state index in [0.29, 0.717) is 22.8 Å². The smallest absolute Gasteiger partial charge is 0.306 e. The van der Waals surface area contributed by atoms with E-state index in [0.717, 1.165) is 11.3 Å². The van der Waals surface area contributed by atoms with Crippen LogP contribution in [0.3, 0.4) is 0 Å². The van der Waals surface area contributed by atoms with Crippen molar-refractivity contribution in [3.8, 4) is 11.5 Å². The highest BCUT2D eigenvalue weighted by atomic mass is 16.5. The number of hydrogen-bond acceptors (Lipinski definition) is 6. The highest BCUT2D eigenvalue weighted by Gasteiger charge is 2.11. The molecule has 3 aromatic rings. The fourth-order valence-corrected chi connectivity index (χ4v) is 3.10. The molecular formula is C27H27N3O6. The monoisotopic (exact) mass is 489 g/mol. The quantitative estimate of drug-likeness (QED) is 0.357. The molecule has 36 heavy (non-hydrogen) atoms. The molecule has 186 valence electrons. The molecule has 0 saturated carbocycles. The molecule has 0 aliphatic heterocycles. The molecule has 0 fully saturated rings. The number of esters is 1. The van der Waals surface area contributed by atoms with Gasteiger partial charge in [0.1, 0.15) is 11.5 Å². The second-order valence-corrected chi connectivity index (χ2v) is 7.91. The standard InChI is InChI=1S/C27H27N3O6/c1-18-5-3-4-6-24(18)36-23-13-11-22(12-14-23)29-25(32)15-16-27(34)35-17-26(33)30-21-9-7-20(8-10-21)28-19(2)31/h3-14H,15-17H2,1-2H3,(H,28,31)(H,29,32)(H,30,33). The molecule has 0 heterocycles. The lowest BCUT2D eigenvalue weighted by Crippen LogP contribution is -2.21. The number of rotatable bonds is 10.